The molecule has 1 unspecified atom stereocenters. The highest BCUT2D eigenvalue weighted by Gasteiger charge is 2.29. The predicted octanol–water partition coefficient (Wildman–Crippen LogP) is 8.19. The normalized spacial score (nSPS) is 15.9. The number of nitrogens with one attached hydrogen (secondary N) is 1. The first-order valence-electron chi connectivity index (χ1n) is 14.2. The zero-order valence-corrected chi connectivity index (χ0v) is 21.9. The van der Waals surface area contributed by atoms with Gasteiger partial charge in [-0.1, -0.05) is 84.0 Å². The fourth-order valence-electron chi connectivity index (χ4n) is 5.52. The second kappa shape index (κ2) is 15.1. The Kier molecular flexibility index (Phi) is 11.8. The summed E-state index contributed by atoms with van der Waals surface area (Å²) >= 11 is 0. The Morgan fingerprint density at radius 3 is 2.26 bits per heavy atom. The molecule has 4 heteroatoms. The van der Waals surface area contributed by atoms with E-state index in [2.05, 4.69) is 35.1 Å². The van der Waals surface area contributed by atoms with Crippen molar-refractivity contribution in [2.24, 2.45) is 0 Å². The van der Waals surface area contributed by atoms with E-state index in [0.717, 1.165) is 49.9 Å². The molecule has 0 spiro atoms. The van der Waals surface area contributed by atoms with E-state index >= 15 is 0 Å². The Labute approximate surface area is 207 Å². The third-order valence-electron chi connectivity index (χ3n) is 7.62. The van der Waals surface area contributed by atoms with Crippen LogP contribution in [0.1, 0.15) is 115 Å². The minimum absolute atomic E-state index is 0.333. The molecule has 1 aliphatic rings. The van der Waals surface area contributed by atoms with Crippen molar-refractivity contribution in [3.63, 3.8) is 0 Å². The van der Waals surface area contributed by atoms with Crippen LogP contribution >= 0.6 is 0 Å². The summed E-state index contributed by atoms with van der Waals surface area (Å²) in [4.78, 5) is 18.5. The lowest BCUT2D eigenvalue weighted by molar-refractivity contribution is -0.132. The standard InChI is InChI=1S/C30H48N2O2/c1-3-4-5-6-7-8-9-10-11-12-13-14-15-18-30(33)32-21-16-17-26(32)22-25-24-31-29-20-19-27(34-2)23-28(25)29/h19-20,23-24,26,31H,3-18,21-22H2,1-2H3. The number of hydrogen-bond acceptors (Lipinski definition) is 2. The van der Waals surface area contributed by atoms with Gasteiger partial charge in [0, 0.05) is 36.1 Å². The summed E-state index contributed by atoms with van der Waals surface area (Å²) in [5, 5.41) is 1.22. The lowest BCUT2D eigenvalue weighted by atomic mass is 10.0. The molecule has 1 aromatic carbocycles. The van der Waals surface area contributed by atoms with Crippen LogP contribution in [0.5, 0.6) is 5.75 Å². The number of methoxy groups -OCH3 is 1. The van der Waals surface area contributed by atoms with Gasteiger partial charge in [0.15, 0.2) is 0 Å². The zero-order valence-electron chi connectivity index (χ0n) is 21.9. The van der Waals surface area contributed by atoms with E-state index < -0.39 is 0 Å². The molecule has 1 aromatic heterocycles. The van der Waals surface area contributed by atoms with E-state index in [1.807, 2.05) is 6.07 Å². The van der Waals surface area contributed by atoms with Gasteiger partial charge in [-0.2, -0.15) is 0 Å². The largest absolute Gasteiger partial charge is 0.497 e. The topological polar surface area (TPSA) is 45.3 Å². The molecule has 3 rings (SSSR count). The number of ether oxygens (including phenoxy) is 1. The summed E-state index contributed by atoms with van der Waals surface area (Å²) in [5.41, 5.74) is 2.43. The minimum Gasteiger partial charge on any atom is -0.497 e. The number of benzene rings is 1. The van der Waals surface area contributed by atoms with E-state index in [1.54, 1.807) is 7.11 Å². The van der Waals surface area contributed by atoms with Crippen molar-refractivity contribution in [2.75, 3.05) is 13.7 Å². The molecule has 1 amide bonds. The van der Waals surface area contributed by atoms with Gasteiger partial charge in [0.2, 0.25) is 5.91 Å². The highest BCUT2D eigenvalue weighted by atomic mass is 16.5. The van der Waals surface area contributed by atoms with Crippen LogP contribution in [0.15, 0.2) is 24.4 Å². The van der Waals surface area contributed by atoms with Crippen molar-refractivity contribution in [1.82, 2.24) is 9.88 Å². The molecule has 190 valence electrons. The zero-order chi connectivity index (χ0) is 24.0. The molecule has 2 heterocycles. The van der Waals surface area contributed by atoms with Crippen LogP contribution < -0.4 is 4.74 Å². The van der Waals surface area contributed by atoms with E-state index in [9.17, 15) is 4.79 Å². The van der Waals surface area contributed by atoms with Crippen molar-refractivity contribution in [3.05, 3.63) is 30.0 Å². The van der Waals surface area contributed by atoms with Crippen LogP contribution in [-0.4, -0.2) is 35.5 Å². The van der Waals surface area contributed by atoms with E-state index in [-0.39, 0.29) is 0 Å². The van der Waals surface area contributed by atoms with Gasteiger partial charge in [0.1, 0.15) is 5.75 Å². The van der Waals surface area contributed by atoms with Gasteiger partial charge in [-0.3, -0.25) is 4.79 Å². The number of carbonyl (C=O) groups is 1. The van der Waals surface area contributed by atoms with E-state index in [4.69, 9.17) is 4.74 Å². The van der Waals surface area contributed by atoms with Crippen molar-refractivity contribution >= 4 is 16.8 Å². The monoisotopic (exact) mass is 468 g/mol. The first-order valence-corrected chi connectivity index (χ1v) is 14.2. The summed E-state index contributed by atoms with van der Waals surface area (Å²) in [5.74, 6) is 1.25. The quantitative estimate of drug-likeness (QED) is 0.238. The third kappa shape index (κ3) is 8.36. The Bertz CT molecular complexity index is 843. The number of H-pyrrole nitrogens is 1. The number of aromatic amines is 1. The Morgan fingerprint density at radius 2 is 1.62 bits per heavy atom. The molecule has 34 heavy (non-hydrogen) atoms. The molecular weight excluding hydrogens is 420 g/mol. The lowest BCUT2D eigenvalue weighted by Crippen LogP contribution is -2.36. The summed E-state index contributed by atoms with van der Waals surface area (Å²) < 4.78 is 5.41. The van der Waals surface area contributed by atoms with E-state index in [0.29, 0.717) is 11.9 Å². The molecule has 0 bridgehead atoms. The molecule has 0 saturated carbocycles. The highest BCUT2D eigenvalue weighted by molar-refractivity contribution is 5.85. The molecule has 1 saturated heterocycles. The van der Waals surface area contributed by atoms with Crippen LogP contribution in [0, 0.1) is 0 Å². The van der Waals surface area contributed by atoms with Gasteiger partial charge >= 0.3 is 0 Å². The fraction of sp³-hybridized carbons (Fsp3) is 0.700. The molecule has 4 nitrogen and oxygen atoms in total. The molecular formula is C30H48N2O2. The molecule has 1 aliphatic heterocycles. The number of unbranched alkanes of at least 4 members (excludes halogenated alkanes) is 12. The van der Waals surface area contributed by atoms with Crippen molar-refractivity contribution in [2.45, 2.75) is 122 Å². The summed E-state index contributed by atoms with van der Waals surface area (Å²) in [6.07, 6.45) is 23.5. The maximum Gasteiger partial charge on any atom is 0.222 e. The first kappa shape index (κ1) is 26.6. The van der Waals surface area contributed by atoms with Gasteiger partial charge in [0.05, 0.1) is 7.11 Å². The predicted molar refractivity (Wildman–Crippen MR) is 144 cm³/mol. The number of carbonyl (C=O) groups excluding carboxylic acids is 1. The fourth-order valence-corrected chi connectivity index (χ4v) is 5.52. The third-order valence-corrected chi connectivity index (χ3v) is 7.62. The van der Waals surface area contributed by atoms with Gasteiger partial charge in [-0.25, -0.2) is 0 Å². The maximum absolute atomic E-state index is 12.9. The average molecular weight is 469 g/mol. The molecule has 1 fully saturated rings. The summed E-state index contributed by atoms with van der Waals surface area (Å²) in [6, 6.07) is 6.50. The Balaban J connectivity index is 1.29. The second-order valence-corrected chi connectivity index (χ2v) is 10.3. The number of aromatic nitrogens is 1. The molecule has 0 aliphatic carbocycles. The van der Waals surface area contributed by atoms with Crippen molar-refractivity contribution in [1.29, 1.82) is 0 Å². The Hall–Kier alpha value is -1.97. The van der Waals surface area contributed by atoms with Gasteiger partial charge in [-0.05, 0) is 49.4 Å². The number of rotatable bonds is 17. The van der Waals surface area contributed by atoms with Crippen LogP contribution in [0.25, 0.3) is 10.9 Å². The van der Waals surface area contributed by atoms with Gasteiger partial charge in [-0.15, -0.1) is 0 Å². The number of likely N-dealkylation sites (tertiary alicyclic amines) is 1. The molecule has 2 aromatic rings. The van der Waals surface area contributed by atoms with Crippen LogP contribution in [0.4, 0.5) is 0 Å². The summed E-state index contributed by atoms with van der Waals surface area (Å²) in [6.45, 7) is 3.21. The van der Waals surface area contributed by atoms with Crippen LogP contribution in [0.2, 0.25) is 0 Å². The molecule has 0 radical (unpaired) electrons. The average Bonchev–Trinajstić information content (AvgIpc) is 3.49. The van der Waals surface area contributed by atoms with E-state index in [1.165, 1.54) is 88.0 Å². The van der Waals surface area contributed by atoms with Crippen molar-refractivity contribution in [3.8, 4) is 5.75 Å². The second-order valence-electron chi connectivity index (χ2n) is 10.3. The smallest absolute Gasteiger partial charge is 0.222 e. The van der Waals surface area contributed by atoms with Gasteiger partial charge < -0.3 is 14.6 Å². The number of amides is 1. The number of hydrogen-bond donors (Lipinski definition) is 1. The number of fused-ring (bicyclic) bond motifs is 1. The highest BCUT2D eigenvalue weighted by Crippen LogP contribution is 2.28. The van der Waals surface area contributed by atoms with Crippen molar-refractivity contribution < 1.29 is 9.53 Å². The number of nitrogens with zero attached hydrogens (tertiary/aromatic N) is 1. The van der Waals surface area contributed by atoms with Crippen LogP contribution in [0.3, 0.4) is 0 Å². The maximum atomic E-state index is 12.9. The minimum atomic E-state index is 0.333. The SMILES string of the molecule is CCCCCCCCCCCCCCCC(=O)N1CCCC1Cc1c[nH]c2ccc(OC)cc12. The van der Waals surface area contributed by atoms with Crippen LogP contribution in [-0.2, 0) is 11.2 Å². The summed E-state index contributed by atoms with van der Waals surface area (Å²) in [7, 11) is 1.71. The van der Waals surface area contributed by atoms with Gasteiger partial charge in [0.25, 0.3) is 0 Å². The Morgan fingerprint density at radius 1 is 0.971 bits per heavy atom. The lowest BCUT2D eigenvalue weighted by Gasteiger charge is -2.25. The first-order chi connectivity index (χ1) is 16.7. The molecule has 1 atom stereocenters. The molecule has 1 N–H and O–H groups in total.